The van der Waals surface area contributed by atoms with E-state index in [4.69, 9.17) is 0 Å². The van der Waals surface area contributed by atoms with Gasteiger partial charge in [-0.3, -0.25) is 0 Å². The van der Waals surface area contributed by atoms with Gasteiger partial charge >= 0.3 is 0 Å². The molecule has 90 valence electrons. The van der Waals surface area contributed by atoms with Crippen LogP contribution in [-0.4, -0.2) is 37.6 Å². The normalized spacial score (nSPS) is 21.8. The highest BCUT2D eigenvalue weighted by molar-refractivity contribution is 4.71. The molecule has 0 spiro atoms. The SMILES string of the molecule is CCCNCC(C)CN1CCC(C)CC1. The minimum Gasteiger partial charge on any atom is -0.316 e. The largest absolute Gasteiger partial charge is 0.316 e. The maximum Gasteiger partial charge on any atom is 0.00191 e. The lowest BCUT2D eigenvalue weighted by molar-refractivity contribution is 0.170. The van der Waals surface area contributed by atoms with Crippen molar-refractivity contribution in [3.63, 3.8) is 0 Å². The van der Waals surface area contributed by atoms with Crippen LogP contribution in [0.4, 0.5) is 0 Å². The van der Waals surface area contributed by atoms with Gasteiger partial charge in [-0.1, -0.05) is 20.8 Å². The summed E-state index contributed by atoms with van der Waals surface area (Å²) in [7, 11) is 0. The molecule has 0 aliphatic carbocycles. The molecule has 0 amide bonds. The van der Waals surface area contributed by atoms with Crippen molar-refractivity contribution in [3.05, 3.63) is 0 Å². The van der Waals surface area contributed by atoms with Crippen molar-refractivity contribution in [2.45, 2.75) is 40.0 Å². The van der Waals surface area contributed by atoms with Crippen LogP contribution in [0.2, 0.25) is 0 Å². The number of hydrogen-bond donors (Lipinski definition) is 1. The molecule has 2 nitrogen and oxygen atoms in total. The molecule has 1 rings (SSSR count). The molecule has 1 aliphatic rings. The second-order valence-electron chi connectivity index (χ2n) is 5.29. The number of rotatable bonds is 6. The van der Waals surface area contributed by atoms with Crippen LogP contribution in [0.15, 0.2) is 0 Å². The van der Waals surface area contributed by atoms with Gasteiger partial charge in [0.2, 0.25) is 0 Å². The summed E-state index contributed by atoms with van der Waals surface area (Å²) in [6, 6.07) is 0. The second-order valence-corrected chi connectivity index (χ2v) is 5.29. The minimum absolute atomic E-state index is 0.796. The Hall–Kier alpha value is -0.0800. The fraction of sp³-hybridized carbons (Fsp3) is 1.00. The summed E-state index contributed by atoms with van der Waals surface area (Å²) in [6.07, 6.45) is 4.04. The van der Waals surface area contributed by atoms with Gasteiger partial charge in [-0.25, -0.2) is 0 Å². The number of likely N-dealkylation sites (tertiary alicyclic amines) is 1. The molecule has 0 aromatic heterocycles. The van der Waals surface area contributed by atoms with Gasteiger partial charge in [0.25, 0.3) is 0 Å². The van der Waals surface area contributed by atoms with Crippen LogP contribution in [0.5, 0.6) is 0 Å². The molecule has 0 aromatic carbocycles. The summed E-state index contributed by atoms with van der Waals surface area (Å²) in [5, 5.41) is 3.51. The smallest absolute Gasteiger partial charge is 0.00191 e. The van der Waals surface area contributed by atoms with Gasteiger partial charge in [0.1, 0.15) is 0 Å². The van der Waals surface area contributed by atoms with Crippen molar-refractivity contribution < 1.29 is 0 Å². The highest BCUT2D eigenvalue weighted by Crippen LogP contribution is 2.16. The molecular formula is C13H28N2. The maximum absolute atomic E-state index is 3.51. The molecule has 0 radical (unpaired) electrons. The fourth-order valence-electron chi connectivity index (χ4n) is 2.28. The predicted molar refractivity (Wildman–Crippen MR) is 67.2 cm³/mol. The zero-order valence-corrected chi connectivity index (χ0v) is 10.8. The minimum atomic E-state index is 0.796. The van der Waals surface area contributed by atoms with Crippen LogP contribution in [0.3, 0.4) is 0 Å². The van der Waals surface area contributed by atoms with Crippen molar-refractivity contribution in [3.8, 4) is 0 Å². The summed E-state index contributed by atoms with van der Waals surface area (Å²) < 4.78 is 0. The van der Waals surface area contributed by atoms with E-state index in [2.05, 4.69) is 31.0 Å². The molecule has 2 heteroatoms. The third-order valence-electron chi connectivity index (χ3n) is 3.37. The number of hydrogen-bond acceptors (Lipinski definition) is 2. The van der Waals surface area contributed by atoms with E-state index in [-0.39, 0.29) is 0 Å². The average Bonchev–Trinajstić information content (AvgIpc) is 2.22. The van der Waals surface area contributed by atoms with Crippen LogP contribution in [0.25, 0.3) is 0 Å². The molecule has 1 saturated heterocycles. The molecule has 0 saturated carbocycles. The highest BCUT2D eigenvalue weighted by atomic mass is 15.1. The highest BCUT2D eigenvalue weighted by Gasteiger charge is 2.16. The third-order valence-corrected chi connectivity index (χ3v) is 3.37. The Morgan fingerprint density at radius 3 is 2.60 bits per heavy atom. The summed E-state index contributed by atoms with van der Waals surface area (Å²) in [5.74, 6) is 1.75. The van der Waals surface area contributed by atoms with Gasteiger partial charge < -0.3 is 10.2 Å². The van der Waals surface area contributed by atoms with Crippen LogP contribution >= 0.6 is 0 Å². The number of nitrogens with zero attached hydrogens (tertiary/aromatic N) is 1. The predicted octanol–water partition coefficient (Wildman–Crippen LogP) is 2.35. The Kier molecular flexibility index (Phi) is 6.26. The standard InChI is InChI=1S/C13H28N2/c1-4-7-14-10-13(3)11-15-8-5-12(2)6-9-15/h12-14H,4-11H2,1-3H3. The van der Waals surface area contributed by atoms with Gasteiger partial charge in [0, 0.05) is 6.54 Å². The summed E-state index contributed by atoms with van der Waals surface area (Å²) >= 11 is 0. The molecule has 0 bridgehead atoms. The second kappa shape index (κ2) is 7.24. The molecular weight excluding hydrogens is 184 g/mol. The Morgan fingerprint density at radius 1 is 1.33 bits per heavy atom. The Labute approximate surface area is 95.4 Å². The van der Waals surface area contributed by atoms with E-state index in [1.807, 2.05) is 0 Å². The van der Waals surface area contributed by atoms with Crippen LogP contribution in [-0.2, 0) is 0 Å². The summed E-state index contributed by atoms with van der Waals surface area (Å²) in [5.41, 5.74) is 0. The van der Waals surface area contributed by atoms with Crippen molar-refractivity contribution >= 4 is 0 Å². The average molecular weight is 212 g/mol. The third kappa shape index (κ3) is 5.53. The monoisotopic (exact) mass is 212 g/mol. The first-order valence-corrected chi connectivity index (χ1v) is 6.65. The number of nitrogens with one attached hydrogen (secondary N) is 1. The fourth-order valence-corrected chi connectivity index (χ4v) is 2.28. The quantitative estimate of drug-likeness (QED) is 0.680. The first kappa shape index (κ1) is 13.0. The van der Waals surface area contributed by atoms with Crippen molar-refractivity contribution in [1.29, 1.82) is 0 Å². The van der Waals surface area contributed by atoms with E-state index in [1.165, 1.54) is 52.0 Å². The van der Waals surface area contributed by atoms with Crippen molar-refractivity contribution in [2.24, 2.45) is 11.8 Å². The van der Waals surface area contributed by atoms with E-state index < -0.39 is 0 Å². The molecule has 1 N–H and O–H groups in total. The lowest BCUT2D eigenvalue weighted by atomic mass is 9.98. The molecule has 1 fully saturated rings. The molecule has 0 aromatic rings. The van der Waals surface area contributed by atoms with E-state index >= 15 is 0 Å². The Bertz CT molecular complexity index is 151. The summed E-state index contributed by atoms with van der Waals surface area (Å²) in [4.78, 5) is 2.64. The van der Waals surface area contributed by atoms with Gasteiger partial charge in [0.05, 0.1) is 0 Å². The van der Waals surface area contributed by atoms with E-state index in [0.29, 0.717) is 0 Å². The number of piperidine rings is 1. The van der Waals surface area contributed by atoms with Crippen molar-refractivity contribution in [1.82, 2.24) is 10.2 Å². The van der Waals surface area contributed by atoms with E-state index in [1.54, 1.807) is 0 Å². The van der Waals surface area contributed by atoms with Gasteiger partial charge in [0.15, 0.2) is 0 Å². The van der Waals surface area contributed by atoms with Gasteiger partial charge in [-0.15, -0.1) is 0 Å². The van der Waals surface area contributed by atoms with E-state index in [9.17, 15) is 0 Å². The van der Waals surface area contributed by atoms with Crippen molar-refractivity contribution in [2.75, 3.05) is 32.7 Å². The maximum atomic E-state index is 3.51. The molecule has 1 heterocycles. The Morgan fingerprint density at radius 2 is 2.00 bits per heavy atom. The molecule has 15 heavy (non-hydrogen) atoms. The van der Waals surface area contributed by atoms with Gasteiger partial charge in [-0.2, -0.15) is 0 Å². The molecule has 1 unspecified atom stereocenters. The molecule has 1 atom stereocenters. The lowest BCUT2D eigenvalue weighted by Gasteiger charge is -2.32. The Balaban J connectivity index is 2.06. The topological polar surface area (TPSA) is 15.3 Å². The van der Waals surface area contributed by atoms with Crippen LogP contribution in [0, 0.1) is 11.8 Å². The molecule has 1 aliphatic heterocycles. The van der Waals surface area contributed by atoms with E-state index in [0.717, 1.165) is 11.8 Å². The zero-order chi connectivity index (χ0) is 11.1. The first-order valence-electron chi connectivity index (χ1n) is 6.65. The van der Waals surface area contributed by atoms with Crippen LogP contribution < -0.4 is 5.32 Å². The first-order chi connectivity index (χ1) is 7.22. The summed E-state index contributed by atoms with van der Waals surface area (Å²) in [6.45, 7) is 13.2. The van der Waals surface area contributed by atoms with Gasteiger partial charge in [-0.05, 0) is 57.3 Å². The zero-order valence-electron chi connectivity index (χ0n) is 10.8. The van der Waals surface area contributed by atoms with Crippen LogP contribution in [0.1, 0.15) is 40.0 Å². The lowest BCUT2D eigenvalue weighted by Crippen LogP contribution is -2.38.